The van der Waals surface area contributed by atoms with E-state index in [-0.39, 0.29) is 11.3 Å². The third-order valence-corrected chi connectivity index (χ3v) is 4.08. The van der Waals surface area contributed by atoms with Gasteiger partial charge in [-0.25, -0.2) is 4.68 Å². The van der Waals surface area contributed by atoms with Crippen LogP contribution in [0.2, 0.25) is 0 Å². The molecule has 0 bridgehead atoms. The molecule has 0 saturated carbocycles. The van der Waals surface area contributed by atoms with E-state index in [1.165, 1.54) is 4.68 Å². The minimum atomic E-state index is -0.425. The first-order valence-corrected chi connectivity index (χ1v) is 8.14. The molecule has 0 amide bonds. The van der Waals surface area contributed by atoms with Crippen LogP contribution in [0.25, 0.3) is 0 Å². The van der Waals surface area contributed by atoms with Crippen LogP contribution in [0, 0.1) is 17.0 Å². The molecule has 25 heavy (non-hydrogen) atoms. The highest BCUT2D eigenvalue weighted by Crippen LogP contribution is 2.41. The second-order valence-electron chi connectivity index (χ2n) is 6.72. The molecule has 134 valence electrons. The predicted octanol–water partition coefficient (Wildman–Crippen LogP) is 2.84. The van der Waals surface area contributed by atoms with Crippen LogP contribution in [0.5, 0.6) is 11.5 Å². The molecule has 0 spiro atoms. The molecule has 0 fully saturated rings. The summed E-state index contributed by atoms with van der Waals surface area (Å²) in [6, 6.07) is 5.86. The van der Waals surface area contributed by atoms with Crippen LogP contribution < -0.4 is 14.8 Å². The zero-order valence-corrected chi connectivity index (χ0v) is 14.8. The fourth-order valence-electron chi connectivity index (χ4n) is 3.10. The molecule has 8 heteroatoms. The minimum Gasteiger partial charge on any atom is -0.488 e. The molecule has 2 heterocycles. The van der Waals surface area contributed by atoms with Crippen molar-refractivity contribution in [3.63, 3.8) is 0 Å². The van der Waals surface area contributed by atoms with Crippen molar-refractivity contribution < 1.29 is 14.4 Å². The number of hydrogen-bond acceptors (Lipinski definition) is 6. The number of hydrogen-bond donors (Lipinski definition) is 1. The topological polar surface area (TPSA) is 91.5 Å². The van der Waals surface area contributed by atoms with E-state index in [4.69, 9.17) is 9.47 Å². The summed E-state index contributed by atoms with van der Waals surface area (Å²) < 4.78 is 13.3. The fourth-order valence-corrected chi connectivity index (χ4v) is 3.10. The second kappa shape index (κ2) is 6.27. The number of ether oxygens (including phenoxy) is 2. The monoisotopic (exact) mass is 346 g/mol. The van der Waals surface area contributed by atoms with Crippen molar-refractivity contribution in [2.75, 3.05) is 18.5 Å². The number of benzene rings is 1. The van der Waals surface area contributed by atoms with Crippen LogP contribution in [-0.4, -0.2) is 33.5 Å². The average Bonchev–Trinajstić information content (AvgIpc) is 2.98. The highest BCUT2D eigenvalue weighted by atomic mass is 16.6. The largest absolute Gasteiger partial charge is 0.488 e. The zero-order chi connectivity index (χ0) is 18.2. The van der Waals surface area contributed by atoms with Crippen LogP contribution in [0.1, 0.15) is 25.1 Å². The normalized spacial score (nSPS) is 14.7. The van der Waals surface area contributed by atoms with E-state index in [1.807, 2.05) is 32.0 Å². The summed E-state index contributed by atoms with van der Waals surface area (Å²) in [5.41, 5.74) is 1.28. The first-order chi connectivity index (χ1) is 11.8. The van der Waals surface area contributed by atoms with Gasteiger partial charge in [-0.2, -0.15) is 5.10 Å². The number of anilines is 1. The molecular formula is C17H22N4O4. The van der Waals surface area contributed by atoms with Crippen molar-refractivity contribution >= 4 is 11.5 Å². The lowest BCUT2D eigenvalue weighted by Gasteiger charge is -2.18. The van der Waals surface area contributed by atoms with Crippen molar-refractivity contribution in [1.82, 2.24) is 9.78 Å². The molecule has 0 radical (unpaired) electrons. The molecule has 8 nitrogen and oxygen atoms in total. The Morgan fingerprint density at radius 2 is 2.24 bits per heavy atom. The van der Waals surface area contributed by atoms with Gasteiger partial charge in [0.05, 0.1) is 11.5 Å². The van der Waals surface area contributed by atoms with Gasteiger partial charge in [0, 0.05) is 19.0 Å². The van der Waals surface area contributed by atoms with Crippen LogP contribution in [0.3, 0.4) is 0 Å². The number of aromatic nitrogens is 2. The molecule has 1 aliphatic rings. The SMILES string of the molecule is Cc1nn(C)c(NCCOc2cccc3c2OC(C)(C)C3)c1[N+](=O)[O-]. The summed E-state index contributed by atoms with van der Waals surface area (Å²) in [7, 11) is 1.67. The summed E-state index contributed by atoms with van der Waals surface area (Å²) >= 11 is 0. The third kappa shape index (κ3) is 3.38. The zero-order valence-electron chi connectivity index (χ0n) is 14.8. The number of nitro groups is 1. The lowest BCUT2D eigenvalue weighted by atomic mass is 10.0. The first kappa shape index (κ1) is 17.1. The Morgan fingerprint density at radius 3 is 2.96 bits per heavy atom. The number of para-hydroxylation sites is 1. The Kier molecular flexibility index (Phi) is 4.28. The van der Waals surface area contributed by atoms with E-state index in [1.54, 1.807) is 14.0 Å². The molecule has 1 aliphatic heterocycles. The highest BCUT2D eigenvalue weighted by Gasteiger charge is 2.32. The van der Waals surface area contributed by atoms with E-state index in [0.29, 0.717) is 30.4 Å². The van der Waals surface area contributed by atoms with Gasteiger partial charge in [-0.15, -0.1) is 0 Å². The summed E-state index contributed by atoms with van der Waals surface area (Å²) in [6.45, 7) is 6.46. The van der Waals surface area contributed by atoms with Crippen molar-refractivity contribution in [3.8, 4) is 11.5 Å². The Bertz CT molecular complexity index is 813. The highest BCUT2D eigenvalue weighted by molar-refractivity contribution is 5.59. The molecule has 1 N–H and O–H groups in total. The van der Waals surface area contributed by atoms with Crippen molar-refractivity contribution in [2.24, 2.45) is 7.05 Å². The molecule has 0 unspecified atom stereocenters. The van der Waals surface area contributed by atoms with Crippen molar-refractivity contribution in [2.45, 2.75) is 32.8 Å². The van der Waals surface area contributed by atoms with Gasteiger partial charge in [0.15, 0.2) is 11.5 Å². The number of nitrogens with one attached hydrogen (secondary N) is 1. The number of fused-ring (bicyclic) bond motifs is 1. The van der Waals surface area contributed by atoms with Crippen LogP contribution >= 0.6 is 0 Å². The smallest absolute Gasteiger partial charge is 0.333 e. The van der Waals surface area contributed by atoms with Gasteiger partial charge in [0.2, 0.25) is 5.82 Å². The maximum atomic E-state index is 11.2. The fraction of sp³-hybridized carbons (Fsp3) is 0.471. The van der Waals surface area contributed by atoms with E-state index in [0.717, 1.165) is 17.7 Å². The average molecular weight is 346 g/mol. The Morgan fingerprint density at radius 1 is 1.48 bits per heavy atom. The molecule has 3 rings (SSSR count). The molecule has 1 aromatic heterocycles. The number of nitrogens with zero attached hydrogens (tertiary/aromatic N) is 3. The van der Waals surface area contributed by atoms with E-state index >= 15 is 0 Å². The van der Waals surface area contributed by atoms with Crippen LogP contribution in [0.4, 0.5) is 11.5 Å². The van der Waals surface area contributed by atoms with Crippen molar-refractivity contribution in [1.29, 1.82) is 0 Å². The van der Waals surface area contributed by atoms with Gasteiger partial charge in [0.1, 0.15) is 17.9 Å². The molecule has 1 aromatic carbocycles. The lowest BCUT2D eigenvalue weighted by molar-refractivity contribution is -0.384. The Balaban J connectivity index is 1.63. The molecule has 0 aliphatic carbocycles. The third-order valence-electron chi connectivity index (χ3n) is 4.08. The van der Waals surface area contributed by atoms with Gasteiger partial charge in [-0.1, -0.05) is 12.1 Å². The van der Waals surface area contributed by atoms with Gasteiger partial charge < -0.3 is 14.8 Å². The standard InChI is InChI=1S/C17H22N4O4/c1-11-14(21(22)23)16(20(4)19-11)18-8-9-24-13-7-5-6-12-10-17(2,3)25-15(12)13/h5-7,18H,8-10H2,1-4H3. The van der Waals surface area contributed by atoms with E-state index < -0.39 is 4.92 Å². The summed E-state index contributed by atoms with van der Waals surface area (Å²) in [5, 5.41) is 18.3. The van der Waals surface area contributed by atoms with Crippen LogP contribution in [0.15, 0.2) is 18.2 Å². The minimum absolute atomic E-state index is 0.00631. The Hall–Kier alpha value is -2.77. The molecule has 0 atom stereocenters. The predicted molar refractivity (Wildman–Crippen MR) is 93.4 cm³/mol. The van der Waals surface area contributed by atoms with Gasteiger partial charge in [-0.05, 0) is 26.8 Å². The molecule has 0 saturated heterocycles. The summed E-state index contributed by atoms with van der Waals surface area (Å²) in [6.07, 6.45) is 0.846. The molecule has 2 aromatic rings. The van der Waals surface area contributed by atoms with Crippen LogP contribution in [-0.2, 0) is 13.5 Å². The summed E-state index contributed by atoms with van der Waals surface area (Å²) in [5.74, 6) is 1.86. The summed E-state index contributed by atoms with van der Waals surface area (Å²) in [4.78, 5) is 10.7. The molecular weight excluding hydrogens is 324 g/mol. The van der Waals surface area contributed by atoms with Gasteiger partial charge >= 0.3 is 5.69 Å². The second-order valence-corrected chi connectivity index (χ2v) is 6.72. The Labute approximate surface area is 145 Å². The lowest BCUT2D eigenvalue weighted by Crippen LogP contribution is -2.24. The maximum absolute atomic E-state index is 11.2. The van der Waals surface area contributed by atoms with E-state index in [2.05, 4.69) is 10.4 Å². The van der Waals surface area contributed by atoms with Crippen molar-refractivity contribution in [3.05, 3.63) is 39.6 Å². The first-order valence-electron chi connectivity index (χ1n) is 8.14. The number of aryl methyl sites for hydroxylation is 2. The quantitative estimate of drug-likeness (QED) is 0.491. The van der Waals surface area contributed by atoms with E-state index in [9.17, 15) is 10.1 Å². The maximum Gasteiger partial charge on any atom is 0.333 e. The van der Waals surface area contributed by atoms with Gasteiger partial charge in [-0.3, -0.25) is 10.1 Å². The number of rotatable bonds is 6. The van der Waals surface area contributed by atoms with Gasteiger partial charge in [0.25, 0.3) is 0 Å².